The number of nitrogens with zero attached hydrogens (tertiary/aromatic N) is 1. The first kappa shape index (κ1) is 9.27. The first-order valence-electron chi connectivity index (χ1n) is 3.89. The number of carbonyl (C=O) groups excluding carboxylic acids is 1. The van der Waals surface area contributed by atoms with Crippen LogP contribution in [-0.4, -0.2) is 13.0 Å². The number of nitrogens with one attached hydrogen (secondary N) is 1. The molecule has 1 aromatic rings. The zero-order valence-electron chi connectivity index (χ0n) is 7.59. The van der Waals surface area contributed by atoms with E-state index in [1.807, 2.05) is 6.92 Å². The Morgan fingerprint density at radius 2 is 2.23 bits per heavy atom. The highest BCUT2D eigenvalue weighted by molar-refractivity contribution is 5.94. The van der Waals surface area contributed by atoms with E-state index in [4.69, 9.17) is 6.57 Å². The van der Waals surface area contributed by atoms with Crippen LogP contribution in [0.15, 0.2) is 18.2 Å². The van der Waals surface area contributed by atoms with Crippen molar-refractivity contribution in [1.29, 1.82) is 0 Å². The Kier molecular flexibility index (Phi) is 2.65. The van der Waals surface area contributed by atoms with Crippen LogP contribution in [0.1, 0.15) is 15.9 Å². The Bertz CT molecular complexity index is 377. The molecule has 0 radical (unpaired) electrons. The normalized spacial score (nSPS) is 9.00. The molecule has 0 fully saturated rings. The van der Waals surface area contributed by atoms with Crippen LogP contribution >= 0.6 is 0 Å². The van der Waals surface area contributed by atoms with E-state index in [-0.39, 0.29) is 5.91 Å². The first-order chi connectivity index (χ1) is 6.19. The van der Waals surface area contributed by atoms with E-state index >= 15 is 0 Å². The molecule has 66 valence electrons. The van der Waals surface area contributed by atoms with Gasteiger partial charge >= 0.3 is 0 Å². The minimum absolute atomic E-state index is 0.125. The van der Waals surface area contributed by atoms with Crippen LogP contribution < -0.4 is 5.32 Å². The topological polar surface area (TPSA) is 33.5 Å². The predicted molar refractivity (Wildman–Crippen MR) is 50.8 cm³/mol. The Morgan fingerprint density at radius 1 is 1.54 bits per heavy atom. The molecule has 0 aliphatic rings. The van der Waals surface area contributed by atoms with Gasteiger partial charge in [-0.3, -0.25) is 4.79 Å². The largest absolute Gasteiger partial charge is 0.355 e. The number of hydrogen-bond donors (Lipinski definition) is 1. The lowest BCUT2D eigenvalue weighted by molar-refractivity contribution is 0.0963. The van der Waals surface area contributed by atoms with Gasteiger partial charge in [0, 0.05) is 12.6 Å². The second-order valence-electron chi connectivity index (χ2n) is 2.69. The maximum absolute atomic E-state index is 11.2. The Balaban J connectivity index is 3.11. The highest BCUT2D eigenvalue weighted by Crippen LogP contribution is 2.19. The van der Waals surface area contributed by atoms with E-state index in [1.165, 1.54) is 0 Å². The quantitative estimate of drug-likeness (QED) is 0.648. The average molecular weight is 174 g/mol. The summed E-state index contributed by atoms with van der Waals surface area (Å²) < 4.78 is 0. The van der Waals surface area contributed by atoms with Gasteiger partial charge in [0.15, 0.2) is 5.69 Å². The van der Waals surface area contributed by atoms with Crippen molar-refractivity contribution in [2.75, 3.05) is 7.05 Å². The highest BCUT2D eigenvalue weighted by Gasteiger charge is 2.04. The van der Waals surface area contributed by atoms with E-state index in [1.54, 1.807) is 25.2 Å². The number of carbonyl (C=O) groups is 1. The zero-order valence-corrected chi connectivity index (χ0v) is 7.59. The Morgan fingerprint density at radius 3 is 2.69 bits per heavy atom. The monoisotopic (exact) mass is 174 g/mol. The van der Waals surface area contributed by atoms with Gasteiger partial charge in [0.25, 0.3) is 5.91 Å². The molecule has 1 amide bonds. The lowest BCUT2D eigenvalue weighted by atomic mass is 10.1. The summed E-state index contributed by atoms with van der Waals surface area (Å²) in [5.74, 6) is -0.125. The molecule has 0 aliphatic heterocycles. The van der Waals surface area contributed by atoms with Gasteiger partial charge in [0.05, 0.1) is 6.57 Å². The maximum atomic E-state index is 11.2. The molecule has 0 unspecified atom stereocenters. The molecule has 0 bridgehead atoms. The Labute approximate surface area is 77.2 Å². The molecule has 0 aliphatic carbocycles. The molecule has 3 nitrogen and oxygen atoms in total. The summed E-state index contributed by atoms with van der Waals surface area (Å²) >= 11 is 0. The molecule has 1 aromatic carbocycles. The molecule has 1 rings (SSSR count). The number of rotatable bonds is 1. The lowest BCUT2D eigenvalue weighted by Crippen LogP contribution is -2.17. The third-order valence-electron chi connectivity index (χ3n) is 1.81. The van der Waals surface area contributed by atoms with Crippen LogP contribution in [0.4, 0.5) is 5.69 Å². The van der Waals surface area contributed by atoms with Gasteiger partial charge in [-0.15, -0.1) is 0 Å². The molecular formula is C10H10N2O. The molecule has 0 spiro atoms. The molecule has 3 heteroatoms. The summed E-state index contributed by atoms with van der Waals surface area (Å²) in [6, 6.07) is 5.03. The van der Waals surface area contributed by atoms with Crippen LogP contribution in [0.2, 0.25) is 0 Å². The van der Waals surface area contributed by atoms with Crippen LogP contribution in [0.5, 0.6) is 0 Å². The van der Waals surface area contributed by atoms with Crippen molar-refractivity contribution in [3.63, 3.8) is 0 Å². The van der Waals surface area contributed by atoms with Crippen molar-refractivity contribution in [2.45, 2.75) is 6.92 Å². The second kappa shape index (κ2) is 3.72. The fourth-order valence-electron chi connectivity index (χ4n) is 1.07. The van der Waals surface area contributed by atoms with Crippen molar-refractivity contribution in [1.82, 2.24) is 5.32 Å². The fourth-order valence-corrected chi connectivity index (χ4v) is 1.07. The van der Waals surface area contributed by atoms with E-state index < -0.39 is 0 Å². The summed E-state index contributed by atoms with van der Waals surface area (Å²) in [5, 5.41) is 2.53. The molecule has 1 N–H and O–H groups in total. The van der Waals surface area contributed by atoms with Crippen molar-refractivity contribution in [3.8, 4) is 0 Å². The number of benzene rings is 1. The zero-order chi connectivity index (χ0) is 9.84. The van der Waals surface area contributed by atoms with Gasteiger partial charge in [0.1, 0.15) is 0 Å². The maximum Gasteiger partial charge on any atom is 0.250 e. The molecular weight excluding hydrogens is 164 g/mol. The number of hydrogen-bond acceptors (Lipinski definition) is 1. The molecule has 0 aromatic heterocycles. The smallest absolute Gasteiger partial charge is 0.250 e. The summed E-state index contributed by atoms with van der Waals surface area (Å²) in [4.78, 5) is 14.5. The van der Waals surface area contributed by atoms with Gasteiger partial charge in [-0.2, -0.15) is 0 Å². The van der Waals surface area contributed by atoms with E-state index in [2.05, 4.69) is 10.2 Å². The summed E-state index contributed by atoms with van der Waals surface area (Å²) in [6.07, 6.45) is 0. The van der Waals surface area contributed by atoms with Crippen molar-refractivity contribution in [2.24, 2.45) is 0 Å². The highest BCUT2D eigenvalue weighted by atomic mass is 16.1. The average Bonchev–Trinajstić information content (AvgIpc) is 2.16. The summed E-state index contributed by atoms with van der Waals surface area (Å²) in [7, 11) is 1.58. The lowest BCUT2D eigenvalue weighted by Gasteiger charge is -2.01. The van der Waals surface area contributed by atoms with Crippen LogP contribution in [-0.2, 0) is 0 Å². The minimum Gasteiger partial charge on any atom is -0.355 e. The van der Waals surface area contributed by atoms with Crippen LogP contribution in [0, 0.1) is 13.5 Å². The summed E-state index contributed by atoms with van der Waals surface area (Å²) in [6.45, 7) is 8.65. The van der Waals surface area contributed by atoms with Crippen molar-refractivity contribution < 1.29 is 4.79 Å². The minimum atomic E-state index is -0.125. The van der Waals surface area contributed by atoms with E-state index in [0.717, 1.165) is 5.56 Å². The van der Waals surface area contributed by atoms with Gasteiger partial charge in [-0.25, -0.2) is 4.85 Å². The van der Waals surface area contributed by atoms with Crippen molar-refractivity contribution in [3.05, 3.63) is 40.7 Å². The molecule has 13 heavy (non-hydrogen) atoms. The van der Waals surface area contributed by atoms with E-state index in [0.29, 0.717) is 11.3 Å². The SMILES string of the molecule is [C-]#[N+]c1ccc(C(=O)NC)cc1C. The molecule has 0 heterocycles. The third kappa shape index (κ3) is 1.85. The number of aryl methyl sites for hydroxylation is 1. The standard InChI is InChI=1S/C10H10N2O/c1-7-6-8(10(13)12-3)4-5-9(7)11-2/h4-6H,1,3H3,(H,12,13). The Hall–Kier alpha value is -1.82. The molecule has 0 saturated heterocycles. The van der Waals surface area contributed by atoms with Gasteiger partial charge in [-0.1, -0.05) is 18.2 Å². The van der Waals surface area contributed by atoms with Crippen LogP contribution in [0.3, 0.4) is 0 Å². The van der Waals surface area contributed by atoms with Crippen molar-refractivity contribution >= 4 is 11.6 Å². The van der Waals surface area contributed by atoms with Gasteiger partial charge in [0.2, 0.25) is 0 Å². The van der Waals surface area contributed by atoms with Crippen LogP contribution in [0.25, 0.3) is 4.85 Å². The molecule has 0 saturated carbocycles. The summed E-state index contributed by atoms with van der Waals surface area (Å²) in [5.41, 5.74) is 2.01. The van der Waals surface area contributed by atoms with Gasteiger partial charge in [-0.05, 0) is 12.5 Å². The fraction of sp³-hybridized carbons (Fsp3) is 0.200. The molecule has 0 atom stereocenters. The second-order valence-corrected chi connectivity index (χ2v) is 2.69. The first-order valence-corrected chi connectivity index (χ1v) is 3.89. The number of amides is 1. The predicted octanol–water partition coefficient (Wildman–Crippen LogP) is 1.91. The third-order valence-corrected chi connectivity index (χ3v) is 1.81. The van der Waals surface area contributed by atoms with E-state index in [9.17, 15) is 4.79 Å². The van der Waals surface area contributed by atoms with Gasteiger partial charge < -0.3 is 5.32 Å².